The molecule has 5 nitrogen and oxygen atoms in total. The van der Waals surface area contributed by atoms with Gasteiger partial charge in [-0.2, -0.15) is 4.37 Å². The molecule has 0 aromatic carbocycles. The van der Waals surface area contributed by atoms with E-state index in [4.69, 9.17) is 15.6 Å². The number of nitrogen functional groups attached to an aromatic ring is 1. The molecule has 0 aliphatic heterocycles. The average Bonchev–Trinajstić information content (AvgIpc) is 2.51. The van der Waals surface area contributed by atoms with Crippen molar-refractivity contribution < 1.29 is 9.84 Å². The van der Waals surface area contributed by atoms with Crippen LogP contribution in [0.1, 0.15) is 0 Å². The van der Waals surface area contributed by atoms with Crippen molar-refractivity contribution in [3.05, 3.63) is 6.07 Å². The van der Waals surface area contributed by atoms with Crippen LogP contribution >= 0.6 is 11.5 Å². The van der Waals surface area contributed by atoms with Crippen LogP contribution in [0.15, 0.2) is 6.07 Å². The van der Waals surface area contributed by atoms with Crippen molar-refractivity contribution in [1.29, 1.82) is 0 Å². The van der Waals surface area contributed by atoms with Gasteiger partial charge in [0.25, 0.3) is 0 Å². The molecular formula is C7H13N3O2S. The van der Waals surface area contributed by atoms with Gasteiger partial charge < -0.3 is 20.9 Å². The van der Waals surface area contributed by atoms with Crippen LogP contribution in [0, 0.1) is 0 Å². The Balaban J connectivity index is 2.06. The monoisotopic (exact) mass is 203 g/mol. The number of aromatic nitrogens is 1. The highest BCUT2D eigenvalue weighted by atomic mass is 32.1. The molecule has 1 heterocycles. The second kappa shape index (κ2) is 5.74. The summed E-state index contributed by atoms with van der Waals surface area (Å²) in [6.07, 6.45) is 0. The van der Waals surface area contributed by atoms with Crippen molar-refractivity contribution in [2.75, 3.05) is 37.4 Å². The molecule has 74 valence electrons. The molecule has 0 unspecified atom stereocenters. The number of rotatable bonds is 6. The highest BCUT2D eigenvalue weighted by Gasteiger charge is 1.96. The predicted molar refractivity (Wildman–Crippen MR) is 52.9 cm³/mol. The van der Waals surface area contributed by atoms with Gasteiger partial charge in [0.05, 0.1) is 19.8 Å². The minimum atomic E-state index is 0.0630. The zero-order valence-corrected chi connectivity index (χ0v) is 8.01. The van der Waals surface area contributed by atoms with Gasteiger partial charge in [-0.05, 0) is 11.5 Å². The SMILES string of the molecule is Nc1cc(NCCOCCO)sn1. The van der Waals surface area contributed by atoms with Crippen LogP contribution in [0.4, 0.5) is 10.8 Å². The van der Waals surface area contributed by atoms with E-state index in [1.807, 2.05) is 0 Å². The highest BCUT2D eigenvalue weighted by molar-refractivity contribution is 7.10. The lowest BCUT2D eigenvalue weighted by Gasteiger charge is -2.02. The van der Waals surface area contributed by atoms with Gasteiger partial charge in [-0.3, -0.25) is 0 Å². The van der Waals surface area contributed by atoms with E-state index in [1.165, 1.54) is 11.5 Å². The Morgan fingerprint density at radius 1 is 1.62 bits per heavy atom. The summed E-state index contributed by atoms with van der Waals surface area (Å²) in [5.74, 6) is 0.531. The first-order chi connectivity index (χ1) is 6.33. The maximum atomic E-state index is 8.42. The number of ether oxygens (including phenoxy) is 1. The van der Waals surface area contributed by atoms with Crippen molar-refractivity contribution >= 4 is 22.4 Å². The molecule has 0 saturated carbocycles. The summed E-state index contributed by atoms with van der Waals surface area (Å²) >= 11 is 1.32. The van der Waals surface area contributed by atoms with Crippen molar-refractivity contribution in [3.63, 3.8) is 0 Å². The Labute approximate surface area is 80.7 Å². The van der Waals surface area contributed by atoms with Crippen LogP contribution < -0.4 is 11.1 Å². The van der Waals surface area contributed by atoms with Crippen molar-refractivity contribution in [2.24, 2.45) is 0 Å². The van der Waals surface area contributed by atoms with Crippen molar-refractivity contribution in [1.82, 2.24) is 4.37 Å². The van der Waals surface area contributed by atoms with Gasteiger partial charge in [-0.25, -0.2) is 0 Å². The molecule has 0 amide bonds. The fourth-order valence-corrected chi connectivity index (χ4v) is 1.38. The van der Waals surface area contributed by atoms with Gasteiger partial charge in [-0.15, -0.1) is 0 Å². The molecule has 0 saturated heterocycles. The molecule has 0 aliphatic carbocycles. The zero-order valence-electron chi connectivity index (χ0n) is 7.19. The van der Waals surface area contributed by atoms with Gasteiger partial charge in [0.2, 0.25) is 0 Å². The Morgan fingerprint density at radius 2 is 2.46 bits per heavy atom. The molecule has 0 radical (unpaired) electrons. The summed E-state index contributed by atoms with van der Waals surface area (Å²) in [4.78, 5) is 0. The molecule has 0 aliphatic rings. The van der Waals surface area contributed by atoms with Crippen LogP contribution in [0.25, 0.3) is 0 Å². The minimum absolute atomic E-state index is 0.0630. The van der Waals surface area contributed by atoms with E-state index in [2.05, 4.69) is 9.69 Å². The van der Waals surface area contributed by atoms with Crippen molar-refractivity contribution in [2.45, 2.75) is 0 Å². The molecular weight excluding hydrogens is 190 g/mol. The Kier molecular flexibility index (Phi) is 4.52. The Morgan fingerprint density at radius 3 is 3.08 bits per heavy atom. The third-order valence-corrected chi connectivity index (χ3v) is 2.07. The van der Waals surface area contributed by atoms with E-state index in [9.17, 15) is 0 Å². The fraction of sp³-hybridized carbons (Fsp3) is 0.571. The fourth-order valence-electron chi connectivity index (χ4n) is 0.785. The number of nitrogens with one attached hydrogen (secondary N) is 1. The average molecular weight is 203 g/mol. The van der Waals surface area contributed by atoms with Gasteiger partial charge in [0, 0.05) is 12.6 Å². The normalized spacial score (nSPS) is 10.2. The zero-order chi connectivity index (χ0) is 9.52. The van der Waals surface area contributed by atoms with Crippen LogP contribution in [0.3, 0.4) is 0 Å². The summed E-state index contributed by atoms with van der Waals surface area (Å²) in [7, 11) is 0. The maximum Gasteiger partial charge on any atom is 0.139 e. The van der Waals surface area contributed by atoms with Crippen LogP contribution in [-0.2, 0) is 4.74 Å². The molecule has 6 heteroatoms. The molecule has 1 aromatic heterocycles. The van der Waals surface area contributed by atoms with Gasteiger partial charge in [0.1, 0.15) is 10.8 Å². The summed E-state index contributed by atoms with van der Waals surface area (Å²) in [6.45, 7) is 1.71. The predicted octanol–water partition coefficient (Wildman–Crippen LogP) is 0.146. The molecule has 0 bridgehead atoms. The quantitative estimate of drug-likeness (QED) is 0.573. The molecule has 0 fully saturated rings. The summed E-state index contributed by atoms with van der Waals surface area (Å²) in [5, 5.41) is 12.4. The lowest BCUT2D eigenvalue weighted by molar-refractivity contribution is 0.0992. The second-order valence-electron chi connectivity index (χ2n) is 2.38. The third kappa shape index (κ3) is 4.07. The number of anilines is 2. The topological polar surface area (TPSA) is 80.4 Å². The third-order valence-electron chi connectivity index (χ3n) is 1.31. The van der Waals surface area contributed by atoms with Crippen LogP contribution in [0.5, 0.6) is 0 Å². The molecule has 0 spiro atoms. The summed E-state index contributed by atoms with van der Waals surface area (Å²) in [6, 6.07) is 1.77. The number of hydrogen-bond acceptors (Lipinski definition) is 6. The second-order valence-corrected chi connectivity index (χ2v) is 3.18. The van der Waals surface area contributed by atoms with E-state index in [0.717, 1.165) is 5.00 Å². The van der Waals surface area contributed by atoms with E-state index >= 15 is 0 Å². The van der Waals surface area contributed by atoms with E-state index in [-0.39, 0.29) is 6.61 Å². The first-order valence-corrected chi connectivity index (χ1v) is 4.75. The smallest absolute Gasteiger partial charge is 0.139 e. The first kappa shape index (κ1) is 10.2. The number of aliphatic hydroxyl groups excluding tert-OH is 1. The van der Waals surface area contributed by atoms with E-state index in [0.29, 0.717) is 25.6 Å². The lowest BCUT2D eigenvalue weighted by atomic mass is 10.6. The largest absolute Gasteiger partial charge is 0.394 e. The standard InChI is InChI=1S/C7H13N3O2S/c8-6-5-7(13-10-6)9-1-3-12-4-2-11/h5,9,11H,1-4H2,(H2,8,10). The molecule has 0 atom stereocenters. The molecule has 1 aromatic rings. The number of nitrogens with zero attached hydrogens (tertiary/aromatic N) is 1. The first-order valence-electron chi connectivity index (χ1n) is 3.97. The van der Waals surface area contributed by atoms with Crippen LogP contribution in [-0.4, -0.2) is 35.8 Å². The lowest BCUT2D eigenvalue weighted by Crippen LogP contribution is -2.10. The molecule has 4 N–H and O–H groups in total. The summed E-state index contributed by atoms with van der Waals surface area (Å²) in [5.41, 5.74) is 5.43. The number of hydrogen-bond donors (Lipinski definition) is 3. The Hall–Kier alpha value is -0.850. The minimum Gasteiger partial charge on any atom is -0.394 e. The highest BCUT2D eigenvalue weighted by Crippen LogP contribution is 2.16. The van der Waals surface area contributed by atoms with E-state index < -0.39 is 0 Å². The number of aliphatic hydroxyl groups is 1. The number of nitrogens with two attached hydrogens (primary N) is 1. The van der Waals surface area contributed by atoms with Crippen LogP contribution in [0.2, 0.25) is 0 Å². The van der Waals surface area contributed by atoms with Gasteiger partial charge in [-0.1, -0.05) is 0 Å². The summed E-state index contributed by atoms with van der Waals surface area (Å²) < 4.78 is 8.96. The van der Waals surface area contributed by atoms with E-state index in [1.54, 1.807) is 6.07 Å². The maximum absolute atomic E-state index is 8.42. The van der Waals surface area contributed by atoms with Crippen molar-refractivity contribution in [3.8, 4) is 0 Å². The molecule has 13 heavy (non-hydrogen) atoms. The Bertz CT molecular complexity index is 241. The van der Waals surface area contributed by atoms with Gasteiger partial charge in [0.15, 0.2) is 0 Å². The molecule has 1 rings (SSSR count). The van der Waals surface area contributed by atoms with Gasteiger partial charge >= 0.3 is 0 Å².